The topological polar surface area (TPSA) is 40.1 Å². The third-order valence-electron chi connectivity index (χ3n) is 8.46. The number of anilines is 4. The second-order valence-electron chi connectivity index (χ2n) is 11.0. The molecule has 7 aromatic rings. The number of quaternary nitrogens is 1. The molecule has 6 aromatic carbocycles. The molecule has 6 heteroatoms. The van der Waals surface area contributed by atoms with Gasteiger partial charge in [-0.3, -0.25) is 0 Å². The summed E-state index contributed by atoms with van der Waals surface area (Å²) < 4.78 is 2.35. The fraction of sp³-hybridized carbons (Fsp3) is 0. The summed E-state index contributed by atoms with van der Waals surface area (Å²) in [6, 6.07) is 52.1. The fourth-order valence-electron chi connectivity index (χ4n) is 6.43. The molecule has 0 fully saturated rings. The van der Waals surface area contributed by atoms with Gasteiger partial charge in [-0.05, 0) is 78.9 Å². The van der Waals surface area contributed by atoms with Gasteiger partial charge in [0.2, 0.25) is 0 Å². The maximum atomic E-state index is 3.47. The number of aromatic nitrogens is 1. The van der Waals surface area contributed by atoms with Crippen LogP contribution in [0, 0.1) is 0 Å². The second kappa shape index (κ2) is 10.2. The second-order valence-corrected chi connectivity index (χ2v) is 12.1. The molecular weight excluding hydrogens is 559 g/mol. The van der Waals surface area contributed by atoms with Crippen LogP contribution < -0.4 is 20.9 Å². The lowest BCUT2D eigenvalue weighted by molar-refractivity contribution is -0.618. The number of nitrogens with zero attached hydrogens (tertiary/aromatic N) is 3. The molecule has 2 aliphatic rings. The van der Waals surface area contributed by atoms with E-state index in [2.05, 4.69) is 177 Å². The number of nitrogens with one attached hydrogen (secondary N) is 1. The molecule has 0 radical (unpaired) electrons. The number of para-hydroxylation sites is 4. The third kappa shape index (κ3) is 4.04. The Morgan fingerprint density at radius 2 is 1.11 bits per heavy atom. The Kier molecular flexibility index (Phi) is 5.84. The molecule has 0 bridgehead atoms. The highest BCUT2D eigenvalue weighted by Crippen LogP contribution is 2.51. The Hall–Kier alpha value is -5.27. The van der Waals surface area contributed by atoms with Crippen molar-refractivity contribution in [1.29, 1.82) is 0 Å². The van der Waals surface area contributed by atoms with Gasteiger partial charge < -0.3 is 9.47 Å². The first-order chi connectivity index (χ1) is 21.8. The maximum Gasteiger partial charge on any atom is 0.175 e. The number of hydrogen-bond donors (Lipinski definition) is 2. The molecule has 5 nitrogen and oxygen atoms in total. The zero-order valence-electron chi connectivity index (χ0n) is 23.8. The quantitative estimate of drug-likeness (QED) is 0.203. The van der Waals surface area contributed by atoms with Crippen LogP contribution in [0.5, 0.6) is 0 Å². The summed E-state index contributed by atoms with van der Waals surface area (Å²) in [4.78, 5) is 4.88. The van der Waals surface area contributed by atoms with Crippen molar-refractivity contribution in [2.24, 2.45) is 0 Å². The number of hydrogen-bond acceptors (Lipinski definition) is 4. The minimum atomic E-state index is 1.07. The molecule has 0 atom stereocenters. The van der Waals surface area contributed by atoms with Gasteiger partial charge in [0.25, 0.3) is 0 Å². The Morgan fingerprint density at radius 1 is 0.523 bits per heavy atom. The summed E-state index contributed by atoms with van der Waals surface area (Å²) in [6.07, 6.45) is 2.17. The standard InChI is InChI=1S/C38H27N5S/c1-3-14-33-30(12-1)31-13-2-4-15-34(31)42(33)27-22-20-26(21-23-27)32-25-41(40-39-32)28-10-9-11-29(24-28)43-35-16-5-7-18-37(35)44-38-19-8-6-17-36(38)43/h1-25,39-40H/p+1. The van der Waals surface area contributed by atoms with Gasteiger partial charge in [0.15, 0.2) is 5.70 Å². The van der Waals surface area contributed by atoms with Gasteiger partial charge in [0.1, 0.15) is 0 Å². The van der Waals surface area contributed by atoms with E-state index in [1.807, 2.05) is 11.8 Å². The van der Waals surface area contributed by atoms with Gasteiger partial charge in [0.05, 0.1) is 34.3 Å². The summed E-state index contributed by atoms with van der Waals surface area (Å²) in [5.74, 6) is 0. The van der Waals surface area contributed by atoms with Crippen molar-refractivity contribution in [2.75, 3.05) is 9.91 Å². The van der Waals surface area contributed by atoms with Crippen molar-refractivity contribution in [1.82, 2.24) is 10.1 Å². The van der Waals surface area contributed by atoms with E-state index in [1.54, 1.807) is 0 Å². The SMILES string of the molecule is C1=C(c2ccc(-n3c4ccccc4c4ccccc43)cc2)[NH2+]NN1c1cccc(N2c3ccccc3Sc3ccccc32)c1. The van der Waals surface area contributed by atoms with Gasteiger partial charge in [-0.15, -0.1) is 0 Å². The summed E-state index contributed by atoms with van der Waals surface area (Å²) in [7, 11) is 0. The number of benzene rings is 6. The molecule has 1 aromatic heterocycles. The van der Waals surface area contributed by atoms with Crippen LogP contribution in [0.2, 0.25) is 0 Å². The van der Waals surface area contributed by atoms with Gasteiger partial charge in [-0.1, -0.05) is 84.0 Å². The summed E-state index contributed by atoms with van der Waals surface area (Å²) in [6.45, 7) is 0. The van der Waals surface area contributed by atoms with Gasteiger partial charge in [-0.25, -0.2) is 10.4 Å². The van der Waals surface area contributed by atoms with Crippen molar-refractivity contribution in [3.05, 3.63) is 157 Å². The first-order valence-corrected chi connectivity index (χ1v) is 15.6. The lowest BCUT2D eigenvalue weighted by Gasteiger charge is -2.33. The van der Waals surface area contributed by atoms with Crippen molar-refractivity contribution < 1.29 is 5.43 Å². The van der Waals surface area contributed by atoms with Crippen LogP contribution in [0.4, 0.5) is 22.7 Å². The summed E-state index contributed by atoms with van der Waals surface area (Å²) >= 11 is 1.83. The van der Waals surface area contributed by atoms with E-state index in [0.717, 1.165) is 28.3 Å². The van der Waals surface area contributed by atoms with Crippen LogP contribution in [0.1, 0.15) is 5.56 Å². The molecule has 44 heavy (non-hydrogen) atoms. The molecule has 3 heterocycles. The normalized spacial score (nSPS) is 14.1. The molecule has 210 valence electrons. The molecule has 0 amide bonds. The van der Waals surface area contributed by atoms with Crippen LogP contribution in [-0.2, 0) is 0 Å². The molecule has 0 saturated carbocycles. The van der Waals surface area contributed by atoms with Gasteiger partial charge in [0, 0.05) is 37.5 Å². The summed E-state index contributed by atoms with van der Waals surface area (Å²) in [5, 5.41) is 4.64. The van der Waals surface area contributed by atoms with Crippen molar-refractivity contribution in [3.8, 4) is 5.69 Å². The number of fused-ring (bicyclic) bond motifs is 5. The minimum Gasteiger partial charge on any atom is -0.309 e. The average molecular weight is 587 g/mol. The monoisotopic (exact) mass is 586 g/mol. The van der Waals surface area contributed by atoms with Crippen LogP contribution in [0.3, 0.4) is 0 Å². The van der Waals surface area contributed by atoms with E-state index in [-0.39, 0.29) is 0 Å². The third-order valence-corrected chi connectivity index (χ3v) is 9.59. The Bertz CT molecular complexity index is 2130. The van der Waals surface area contributed by atoms with Crippen molar-refractivity contribution in [2.45, 2.75) is 9.79 Å². The molecule has 0 unspecified atom stereocenters. The van der Waals surface area contributed by atoms with Crippen LogP contribution in [0.15, 0.2) is 162 Å². The minimum absolute atomic E-state index is 1.07. The molecule has 2 aliphatic heterocycles. The van der Waals surface area contributed by atoms with Crippen LogP contribution >= 0.6 is 11.8 Å². The van der Waals surface area contributed by atoms with Crippen molar-refractivity contribution in [3.63, 3.8) is 0 Å². The van der Waals surface area contributed by atoms with E-state index >= 15 is 0 Å². The largest absolute Gasteiger partial charge is 0.309 e. The highest BCUT2D eigenvalue weighted by Gasteiger charge is 2.26. The van der Waals surface area contributed by atoms with Crippen molar-refractivity contribution >= 4 is 62.0 Å². The smallest absolute Gasteiger partial charge is 0.175 e. The molecule has 9 rings (SSSR count). The van der Waals surface area contributed by atoms with Crippen LogP contribution in [0.25, 0.3) is 33.2 Å². The lowest BCUT2D eigenvalue weighted by atomic mass is 10.1. The highest BCUT2D eigenvalue weighted by atomic mass is 32.2. The van der Waals surface area contributed by atoms with Gasteiger partial charge in [-0.2, -0.15) is 0 Å². The maximum absolute atomic E-state index is 3.47. The predicted molar refractivity (Wildman–Crippen MR) is 182 cm³/mol. The number of hydrazine groups is 1. The van der Waals surface area contributed by atoms with Crippen LogP contribution in [-0.4, -0.2) is 4.57 Å². The molecular formula is C38H28N5S+. The zero-order valence-corrected chi connectivity index (χ0v) is 24.6. The van der Waals surface area contributed by atoms with E-state index in [4.69, 9.17) is 0 Å². The zero-order chi connectivity index (χ0) is 29.0. The molecule has 0 aliphatic carbocycles. The average Bonchev–Trinajstić information content (AvgIpc) is 3.71. The first kappa shape index (κ1) is 25.2. The van der Waals surface area contributed by atoms with E-state index in [0.29, 0.717) is 0 Å². The Labute approximate surface area is 259 Å². The molecule has 3 N–H and O–H groups in total. The summed E-state index contributed by atoms with van der Waals surface area (Å²) in [5.41, 5.74) is 16.0. The number of rotatable bonds is 4. The highest BCUT2D eigenvalue weighted by molar-refractivity contribution is 7.99. The Morgan fingerprint density at radius 3 is 1.80 bits per heavy atom. The molecule has 0 saturated heterocycles. The first-order valence-electron chi connectivity index (χ1n) is 14.8. The Balaban J connectivity index is 1.04. The van der Waals surface area contributed by atoms with E-state index in [9.17, 15) is 0 Å². The van der Waals surface area contributed by atoms with E-state index < -0.39 is 0 Å². The fourth-order valence-corrected chi connectivity index (χ4v) is 7.49. The number of nitrogens with two attached hydrogens (primary N) is 1. The predicted octanol–water partition coefficient (Wildman–Crippen LogP) is 8.52. The lowest BCUT2D eigenvalue weighted by Crippen LogP contribution is -2.90. The van der Waals surface area contributed by atoms with Gasteiger partial charge >= 0.3 is 0 Å². The molecule has 0 spiro atoms. The van der Waals surface area contributed by atoms with E-state index in [1.165, 1.54) is 43.0 Å².